The predicted molar refractivity (Wildman–Crippen MR) is 112 cm³/mol. The van der Waals surface area contributed by atoms with Crippen LogP contribution in [0.3, 0.4) is 0 Å². The molecule has 0 atom stereocenters. The summed E-state index contributed by atoms with van der Waals surface area (Å²) in [7, 11) is 1.69. The average molecular weight is 432 g/mol. The van der Waals surface area contributed by atoms with Crippen molar-refractivity contribution in [2.75, 3.05) is 13.7 Å². The van der Waals surface area contributed by atoms with E-state index in [9.17, 15) is 14.0 Å². The smallest absolute Gasteiger partial charge is 0.314 e. The van der Waals surface area contributed by atoms with Crippen molar-refractivity contribution in [1.82, 2.24) is 9.55 Å². The summed E-state index contributed by atoms with van der Waals surface area (Å²) in [5.74, 6) is -2.10. The maximum Gasteiger partial charge on any atom is 0.314 e. The molecule has 0 unspecified atom stereocenters. The molecule has 0 fully saturated rings. The SMILES string of the molecule is COCCn1c(C)c(C)c2nccc(OCc3ccc(F)cc3)c21.O=C(O)CC(=O)O. The number of hydrogen-bond donors (Lipinski definition) is 2. The molecule has 0 saturated heterocycles. The number of aryl methyl sites for hydroxylation is 1. The van der Waals surface area contributed by atoms with Crippen molar-refractivity contribution < 1.29 is 33.7 Å². The second kappa shape index (κ2) is 11.1. The van der Waals surface area contributed by atoms with Gasteiger partial charge < -0.3 is 24.3 Å². The fourth-order valence-electron chi connectivity index (χ4n) is 2.96. The van der Waals surface area contributed by atoms with Gasteiger partial charge in [-0.2, -0.15) is 0 Å². The number of carboxylic acid groups (broad SMARTS) is 2. The van der Waals surface area contributed by atoms with Gasteiger partial charge in [-0.1, -0.05) is 12.1 Å². The average Bonchev–Trinajstić information content (AvgIpc) is 2.96. The van der Waals surface area contributed by atoms with Crippen molar-refractivity contribution in [3.8, 4) is 5.75 Å². The molecule has 3 aromatic rings. The molecule has 0 aliphatic heterocycles. The molecule has 2 heterocycles. The number of aromatic nitrogens is 2. The minimum absolute atomic E-state index is 0.246. The van der Waals surface area contributed by atoms with Crippen molar-refractivity contribution in [3.05, 3.63) is 59.2 Å². The third kappa shape index (κ3) is 6.51. The highest BCUT2D eigenvalue weighted by molar-refractivity contribution is 5.89. The van der Waals surface area contributed by atoms with E-state index in [2.05, 4.69) is 23.4 Å². The fraction of sp³-hybridized carbons (Fsp3) is 0.318. The van der Waals surface area contributed by atoms with Crippen molar-refractivity contribution in [1.29, 1.82) is 0 Å². The minimum atomic E-state index is -1.31. The van der Waals surface area contributed by atoms with Crippen molar-refractivity contribution in [3.63, 3.8) is 0 Å². The standard InChI is InChI=1S/C19H21FN2O2.C3H4O4/c1-13-14(2)22(10-11-23-3)19-17(8-9-21-18(13)19)24-12-15-4-6-16(20)7-5-15;4-2(5)1-3(6)7/h4-9H,10-12H2,1-3H3;1H2,(H,4,5)(H,6,7). The van der Waals surface area contributed by atoms with Gasteiger partial charge in [0.05, 0.1) is 12.1 Å². The fourth-order valence-corrected chi connectivity index (χ4v) is 2.96. The number of rotatable bonds is 8. The van der Waals surface area contributed by atoms with E-state index < -0.39 is 18.4 Å². The molecule has 166 valence electrons. The van der Waals surface area contributed by atoms with E-state index in [0.29, 0.717) is 13.2 Å². The van der Waals surface area contributed by atoms with E-state index in [4.69, 9.17) is 19.7 Å². The van der Waals surface area contributed by atoms with Gasteiger partial charge in [-0.3, -0.25) is 14.6 Å². The Hall–Kier alpha value is -3.46. The maximum atomic E-state index is 13.0. The van der Waals surface area contributed by atoms with Crippen LogP contribution in [0.2, 0.25) is 0 Å². The Balaban J connectivity index is 0.000000423. The lowest BCUT2D eigenvalue weighted by atomic mass is 10.2. The molecule has 0 aliphatic carbocycles. The number of carboxylic acids is 2. The van der Waals surface area contributed by atoms with Gasteiger partial charge in [-0.05, 0) is 37.1 Å². The van der Waals surface area contributed by atoms with Crippen molar-refractivity contribution in [2.24, 2.45) is 0 Å². The number of halogens is 1. The topological polar surface area (TPSA) is 111 Å². The highest BCUT2D eigenvalue weighted by Gasteiger charge is 2.16. The van der Waals surface area contributed by atoms with Gasteiger partial charge in [-0.25, -0.2) is 4.39 Å². The zero-order chi connectivity index (χ0) is 23.0. The normalized spacial score (nSPS) is 10.5. The van der Waals surface area contributed by atoms with Crippen LogP contribution in [0.25, 0.3) is 11.0 Å². The summed E-state index contributed by atoms with van der Waals surface area (Å²) in [6, 6.07) is 8.21. The Morgan fingerprint density at radius 3 is 2.29 bits per heavy atom. The Morgan fingerprint density at radius 1 is 1.10 bits per heavy atom. The summed E-state index contributed by atoms with van der Waals surface area (Å²) in [5, 5.41) is 15.4. The second-order valence-corrected chi connectivity index (χ2v) is 6.74. The maximum absolute atomic E-state index is 13.0. The number of carbonyl (C=O) groups is 2. The van der Waals surface area contributed by atoms with Crippen LogP contribution in [0.1, 0.15) is 23.2 Å². The van der Waals surface area contributed by atoms with Crippen molar-refractivity contribution in [2.45, 2.75) is 33.4 Å². The van der Waals surface area contributed by atoms with Gasteiger partial charge in [0.1, 0.15) is 30.1 Å². The Bertz CT molecular complexity index is 1030. The molecule has 0 bridgehead atoms. The van der Waals surface area contributed by atoms with Gasteiger partial charge in [0, 0.05) is 31.6 Å². The predicted octanol–water partition coefficient (Wildman–Crippen LogP) is 3.56. The lowest BCUT2D eigenvalue weighted by Crippen LogP contribution is -2.07. The zero-order valence-electron chi connectivity index (χ0n) is 17.6. The number of ether oxygens (including phenoxy) is 2. The van der Waals surface area contributed by atoms with Crippen LogP contribution in [-0.4, -0.2) is 45.4 Å². The highest BCUT2D eigenvalue weighted by atomic mass is 19.1. The molecule has 2 aromatic heterocycles. The lowest BCUT2D eigenvalue weighted by molar-refractivity contribution is -0.147. The molecule has 0 saturated carbocycles. The molecule has 0 amide bonds. The number of aliphatic carboxylic acids is 2. The highest BCUT2D eigenvalue weighted by Crippen LogP contribution is 2.31. The first-order chi connectivity index (χ1) is 14.7. The van der Waals surface area contributed by atoms with Gasteiger partial charge in [-0.15, -0.1) is 0 Å². The third-order valence-electron chi connectivity index (χ3n) is 4.59. The number of fused-ring (bicyclic) bond motifs is 1. The Labute approximate surface area is 178 Å². The summed E-state index contributed by atoms with van der Waals surface area (Å²) in [6.45, 7) is 5.89. The zero-order valence-corrected chi connectivity index (χ0v) is 17.6. The molecular weight excluding hydrogens is 407 g/mol. The van der Waals surface area contributed by atoms with E-state index in [-0.39, 0.29) is 5.82 Å². The molecule has 0 aliphatic rings. The number of benzene rings is 1. The molecule has 2 N–H and O–H groups in total. The second-order valence-electron chi connectivity index (χ2n) is 6.74. The summed E-state index contributed by atoms with van der Waals surface area (Å²) in [4.78, 5) is 23.4. The van der Waals surface area contributed by atoms with Crippen LogP contribution in [0.15, 0.2) is 36.5 Å². The van der Waals surface area contributed by atoms with Crippen LogP contribution in [0, 0.1) is 19.7 Å². The first-order valence-electron chi connectivity index (χ1n) is 9.48. The van der Waals surface area contributed by atoms with E-state index in [0.717, 1.165) is 40.1 Å². The molecule has 8 nitrogen and oxygen atoms in total. The summed E-state index contributed by atoms with van der Waals surface area (Å²) in [5.41, 5.74) is 5.15. The van der Waals surface area contributed by atoms with Crippen LogP contribution >= 0.6 is 0 Å². The van der Waals surface area contributed by atoms with E-state index in [1.54, 1.807) is 25.4 Å². The first-order valence-corrected chi connectivity index (χ1v) is 9.48. The first kappa shape index (κ1) is 23.8. The molecule has 9 heteroatoms. The monoisotopic (exact) mass is 432 g/mol. The lowest BCUT2D eigenvalue weighted by Gasteiger charge is -2.12. The van der Waals surface area contributed by atoms with Crippen LogP contribution in [0.5, 0.6) is 5.75 Å². The minimum Gasteiger partial charge on any atom is -0.487 e. The molecular formula is C22H25FN2O6. The van der Waals surface area contributed by atoms with Gasteiger partial charge >= 0.3 is 11.9 Å². The number of methoxy groups -OCH3 is 1. The Kier molecular flexibility index (Phi) is 8.51. The largest absolute Gasteiger partial charge is 0.487 e. The molecule has 31 heavy (non-hydrogen) atoms. The number of nitrogens with zero attached hydrogens (tertiary/aromatic N) is 2. The van der Waals surface area contributed by atoms with Gasteiger partial charge in [0.2, 0.25) is 0 Å². The molecule has 3 rings (SSSR count). The van der Waals surface area contributed by atoms with E-state index >= 15 is 0 Å². The Morgan fingerprint density at radius 2 is 1.74 bits per heavy atom. The van der Waals surface area contributed by atoms with Crippen LogP contribution in [-0.2, 0) is 27.5 Å². The van der Waals surface area contributed by atoms with E-state index in [1.165, 1.54) is 12.1 Å². The van der Waals surface area contributed by atoms with Crippen molar-refractivity contribution >= 4 is 23.0 Å². The van der Waals surface area contributed by atoms with E-state index in [1.807, 2.05) is 6.07 Å². The molecule has 0 spiro atoms. The quantitative estimate of drug-likeness (QED) is 0.524. The third-order valence-corrected chi connectivity index (χ3v) is 4.59. The number of pyridine rings is 1. The summed E-state index contributed by atoms with van der Waals surface area (Å²) < 4.78 is 26.4. The summed E-state index contributed by atoms with van der Waals surface area (Å²) in [6.07, 6.45) is 0.954. The van der Waals surface area contributed by atoms with Gasteiger partial charge in [0.15, 0.2) is 0 Å². The van der Waals surface area contributed by atoms with Crippen LogP contribution in [0.4, 0.5) is 4.39 Å². The molecule has 1 aromatic carbocycles. The molecule has 0 radical (unpaired) electrons. The number of hydrogen-bond acceptors (Lipinski definition) is 5. The van der Waals surface area contributed by atoms with Crippen LogP contribution < -0.4 is 4.74 Å². The summed E-state index contributed by atoms with van der Waals surface area (Å²) >= 11 is 0. The van der Waals surface area contributed by atoms with Gasteiger partial charge in [0.25, 0.3) is 0 Å².